The number of carbonyl (C=O) groups is 1. The van der Waals surface area contributed by atoms with Gasteiger partial charge in [0.05, 0.1) is 6.04 Å². The summed E-state index contributed by atoms with van der Waals surface area (Å²) in [6.07, 6.45) is 0.492. The number of phenols is 2. The van der Waals surface area contributed by atoms with E-state index < -0.39 is 0 Å². The molecule has 0 amide bonds. The Morgan fingerprint density at radius 2 is 2.07 bits per heavy atom. The monoisotopic (exact) mass is 211 g/mol. The zero-order valence-corrected chi connectivity index (χ0v) is 8.08. The van der Waals surface area contributed by atoms with Gasteiger partial charge >= 0.3 is 0 Å². The Balaban J connectivity index is 2.36. The second kappa shape index (κ2) is 3.09. The third-order valence-corrected chi connectivity index (χ3v) is 2.56. The molecule has 0 radical (unpaired) electrons. The van der Waals surface area contributed by atoms with Gasteiger partial charge in [-0.3, -0.25) is 4.79 Å². The minimum atomic E-state index is -0.366. The van der Waals surface area contributed by atoms with Crippen LogP contribution in [0.2, 0.25) is 0 Å². The molecule has 1 unspecified atom stereocenters. The SMILES string of the molecule is O=C(S)C1Cc2cc(O)c(O)cc2N1. The maximum atomic E-state index is 11.0. The molecule has 0 aliphatic carbocycles. The lowest BCUT2D eigenvalue weighted by molar-refractivity contribution is -0.111. The summed E-state index contributed by atoms with van der Waals surface area (Å²) >= 11 is 3.72. The number of benzene rings is 1. The van der Waals surface area contributed by atoms with Gasteiger partial charge in [-0.05, 0) is 11.6 Å². The highest BCUT2D eigenvalue weighted by atomic mass is 32.1. The number of hydrogen-bond donors (Lipinski definition) is 4. The molecule has 0 spiro atoms. The average molecular weight is 211 g/mol. The van der Waals surface area contributed by atoms with Crippen LogP contribution < -0.4 is 5.32 Å². The van der Waals surface area contributed by atoms with Crippen LogP contribution in [0.3, 0.4) is 0 Å². The lowest BCUT2D eigenvalue weighted by atomic mass is 10.1. The molecule has 0 aromatic heterocycles. The predicted octanol–water partition coefficient (Wildman–Crippen LogP) is 0.891. The smallest absolute Gasteiger partial charge is 0.208 e. The van der Waals surface area contributed by atoms with Gasteiger partial charge in [0.15, 0.2) is 11.5 Å². The third-order valence-electron chi connectivity index (χ3n) is 2.25. The molecule has 1 aromatic carbocycles. The Morgan fingerprint density at radius 3 is 2.71 bits per heavy atom. The van der Waals surface area contributed by atoms with E-state index >= 15 is 0 Å². The molecule has 74 valence electrons. The van der Waals surface area contributed by atoms with Gasteiger partial charge in [0.25, 0.3) is 0 Å². The summed E-state index contributed by atoms with van der Waals surface area (Å²) in [6.45, 7) is 0. The van der Waals surface area contributed by atoms with Crippen molar-refractivity contribution in [2.45, 2.75) is 12.5 Å². The van der Waals surface area contributed by atoms with Crippen LogP contribution in [0.5, 0.6) is 11.5 Å². The molecule has 5 heteroatoms. The van der Waals surface area contributed by atoms with Crippen LogP contribution >= 0.6 is 12.6 Å². The maximum Gasteiger partial charge on any atom is 0.208 e. The van der Waals surface area contributed by atoms with E-state index in [4.69, 9.17) is 0 Å². The van der Waals surface area contributed by atoms with Crippen LogP contribution in [-0.4, -0.2) is 21.4 Å². The lowest BCUT2D eigenvalue weighted by Crippen LogP contribution is -2.22. The number of nitrogens with one attached hydrogen (secondary N) is 1. The standard InChI is InChI=1S/C9H9NO3S/c11-7-2-4-1-6(9(13)14)10-5(4)3-8(7)12/h2-3,6,10-12H,1H2,(H,13,14). The highest BCUT2D eigenvalue weighted by Crippen LogP contribution is 2.36. The molecule has 2 rings (SSSR count). The zero-order chi connectivity index (χ0) is 10.3. The van der Waals surface area contributed by atoms with E-state index in [1.54, 1.807) is 0 Å². The minimum Gasteiger partial charge on any atom is -0.504 e. The van der Waals surface area contributed by atoms with Crippen molar-refractivity contribution < 1.29 is 15.0 Å². The van der Waals surface area contributed by atoms with E-state index in [0.717, 1.165) is 5.56 Å². The Hall–Kier alpha value is -1.36. The van der Waals surface area contributed by atoms with Gasteiger partial charge in [0, 0.05) is 18.2 Å². The van der Waals surface area contributed by atoms with Crippen LogP contribution in [0.1, 0.15) is 5.56 Å². The van der Waals surface area contributed by atoms with E-state index in [1.807, 2.05) is 0 Å². The van der Waals surface area contributed by atoms with Gasteiger partial charge in [-0.2, -0.15) is 0 Å². The molecule has 1 heterocycles. The molecule has 0 fully saturated rings. The number of anilines is 1. The molecule has 14 heavy (non-hydrogen) atoms. The van der Waals surface area contributed by atoms with Crippen LogP contribution in [-0.2, 0) is 11.2 Å². The first-order valence-corrected chi connectivity index (χ1v) is 4.57. The summed E-state index contributed by atoms with van der Waals surface area (Å²) in [5.74, 6) is -0.360. The summed E-state index contributed by atoms with van der Waals surface area (Å²) in [5, 5.41) is 21.1. The normalized spacial score (nSPS) is 18.8. The molecule has 0 saturated heterocycles. The largest absolute Gasteiger partial charge is 0.504 e. The quantitative estimate of drug-likeness (QED) is 0.316. The molecule has 0 bridgehead atoms. The zero-order valence-electron chi connectivity index (χ0n) is 7.19. The number of phenolic OH excluding ortho intramolecular Hbond substituents is 2. The van der Waals surface area contributed by atoms with Gasteiger partial charge in [-0.15, -0.1) is 12.6 Å². The average Bonchev–Trinajstić information content (AvgIpc) is 2.48. The second-order valence-corrected chi connectivity index (χ2v) is 3.68. The first-order chi connectivity index (χ1) is 6.58. The molecule has 1 aliphatic heterocycles. The van der Waals surface area contributed by atoms with Crippen molar-refractivity contribution in [2.75, 3.05) is 5.32 Å². The summed E-state index contributed by atoms with van der Waals surface area (Å²) in [7, 11) is 0. The number of hydrogen-bond acceptors (Lipinski definition) is 4. The Bertz CT molecular complexity index is 374. The topological polar surface area (TPSA) is 69.6 Å². The molecule has 4 nitrogen and oxygen atoms in total. The minimum absolute atomic E-state index is 0.169. The van der Waals surface area contributed by atoms with Crippen molar-refractivity contribution in [3.8, 4) is 11.5 Å². The summed E-state index contributed by atoms with van der Waals surface area (Å²) in [5.41, 5.74) is 1.49. The predicted molar refractivity (Wildman–Crippen MR) is 54.9 cm³/mol. The fourth-order valence-corrected chi connectivity index (χ4v) is 1.69. The summed E-state index contributed by atoms with van der Waals surface area (Å²) in [4.78, 5) is 11.0. The van der Waals surface area contributed by atoms with Crippen molar-refractivity contribution in [1.82, 2.24) is 0 Å². The van der Waals surface area contributed by atoms with Crippen molar-refractivity contribution >= 4 is 23.4 Å². The molecular formula is C9H9NO3S. The summed E-state index contributed by atoms with van der Waals surface area (Å²) < 4.78 is 0. The van der Waals surface area contributed by atoms with Crippen LogP contribution in [0, 0.1) is 0 Å². The third kappa shape index (κ3) is 1.39. The first-order valence-electron chi connectivity index (χ1n) is 4.12. The van der Waals surface area contributed by atoms with Crippen LogP contribution in [0.25, 0.3) is 0 Å². The molecule has 1 atom stereocenters. The van der Waals surface area contributed by atoms with Gasteiger partial charge in [-0.25, -0.2) is 0 Å². The van der Waals surface area contributed by atoms with Gasteiger partial charge in [0.1, 0.15) is 0 Å². The maximum absolute atomic E-state index is 11.0. The number of carbonyl (C=O) groups excluding carboxylic acids is 1. The second-order valence-electron chi connectivity index (χ2n) is 3.24. The highest BCUT2D eigenvalue weighted by Gasteiger charge is 2.25. The Morgan fingerprint density at radius 1 is 1.43 bits per heavy atom. The van der Waals surface area contributed by atoms with Crippen LogP contribution in [0.15, 0.2) is 12.1 Å². The molecule has 1 aromatic rings. The Labute approximate surface area is 86.0 Å². The van der Waals surface area contributed by atoms with E-state index in [1.165, 1.54) is 12.1 Å². The van der Waals surface area contributed by atoms with E-state index in [2.05, 4.69) is 17.9 Å². The van der Waals surface area contributed by atoms with E-state index in [0.29, 0.717) is 12.1 Å². The van der Waals surface area contributed by atoms with Crippen molar-refractivity contribution in [2.24, 2.45) is 0 Å². The molecular weight excluding hydrogens is 202 g/mol. The van der Waals surface area contributed by atoms with Crippen LogP contribution in [0.4, 0.5) is 5.69 Å². The fourth-order valence-electron chi connectivity index (χ4n) is 1.53. The molecule has 0 saturated carbocycles. The number of rotatable bonds is 1. The first kappa shape index (κ1) is 9.21. The van der Waals surface area contributed by atoms with Gasteiger partial charge < -0.3 is 15.5 Å². The fraction of sp³-hybridized carbons (Fsp3) is 0.222. The number of thiol groups is 1. The van der Waals surface area contributed by atoms with E-state index in [-0.39, 0.29) is 22.7 Å². The van der Waals surface area contributed by atoms with Crippen molar-refractivity contribution in [3.63, 3.8) is 0 Å². The highest BCUT2D eigenvalue weighted by molar-refractivity contribution is 7.96. The number of aromatic hydroxyl groups is 2. The van der Waals surface area contributed by atoms with Crippen molar-refractivity contribution in [3.05, 3.63) is 17.7 Å². The molecule has 3 N–H and O–H groups in total. The van der Waals surface area contributed by atoms with E-state index in [9.17, 15) is 15.0 Å². The lowest BCUT2D eigenvalue weighted by Gasteiger charge is -2.04. The number of fused-ring (bicyclic) bond motifs is 1. The molecule has 1 aliphatic rings. The van der Waals surface area contributed by atoms with Gasteiger partial charge in [0.2, 0.25) is 5.12 Å². The van der Waals surface area contributed by atoms with Gasteiger partial charge in [-0.1, -0.05) is 0 Å². The Kier molecular flexibility index (Phi) is 2.03. The van der Waals surface area contributed by atoms with Crippen molar-refractivity contribution in [1.29, 1.82) is 0 Å². The summed E-state index contributed by atoms with van der Waals surface area (Å²) in [6, 6.07) is 2.49.